The van der Waals surface area contributed by atoms with Crippen molar-refractivity contribution in [3.05, 3.63) is 28.1 Å². The molecule has 1 saturated heterocycles. The van der Waals surface area contributed by atoms with Gasteiger partial charge in [-0.25, -0.2) is 0 Å². The van der Waals surface area contributed by atoms with Crippen molar-refractivity contribution in [2.45, 2.75) is 12.8 Å². The molecule has 2 rings (SSSR count). The summed E-state index contributed by atoms with van der Waals surface area (Å²) in [5.74, 6) is 0.409. The summed E-state index contributed by atoms with van der Waals surface area (Å²) < 4.78 is 1.53. The van der Waals surface area contributed by atoms with Crippen molar-refractivity contribution in [1.82, 2.24) is 9.47 Å². The maximum atomic E-state index is 12.3. The maximum absolute atomic E-state index is 12.3. The molecule has 1 amide bonds. The summed E-state index contributed by atoms with van der Waals surface area (Å²) in [6.45, 7) is 1.47. The van der Waals surface area contributed by atoms with Crippen LogP contribution in [-0.4, -0.2) is 38.7 Å². The van der Waals surface area contributed by atoms with Crippen LogP contribution in [0.25, 0.3) is 0 Å². The van der Waals surface area contributed by atoms with Crippen LogP contribution in [0.1, 0.15) is 23.3 Å². The average molecular weight is 330 g/mol. The molecule has 7 heteroatoms. The number of nitrogens with zero attached hydrogens (tertiary/aromatic N) is 3. The summed E-state index contributed by atoms with van der Waals surface area (Å²) in [4.78, 5) is 24.3. The second kappa shape index (κ2) is 5.73. The summed E-state index contributed by atoms with van der Waals surface area (Å²) in [5, 5.41) is 11.6. The fourth-order valence-electron chi connectivity index (χ4n) is 2.43. The first-order valence-electron chi connectivity index (χ1n) is 6.19. The summed E-state index contributed by atoms with van der Waals surface area (Å²) >= 11 is 3.41. The van der Waals surface area contributed by atoms with Gasteiger partial charge >= 0.3 is 0 Å². The molecule has 0 N–H and O–H groups in total. The van der Waals surface area contributed by atoms with Crippen LogP contribution >= 0.6 is 15.9 Å². The quantitative estimate of drug-likeness (QED) is 0.483. The van der Waals surface area contributed by atoms with Gasteiger partial charge in [0.1, 0.15) is 5.69 Å². The van der Waals surface area contributed by atoms with E-state index < -0.39 is 4.92 Å². The molecular formula is C12H16BrN3O3. The lowest BCUT2D eigenvalue weighted by atomic mass is 10.1. The monoisotopic (exact) mass is 329 g/mol. The van der Waals surface area contributed by atoms with E-state index in [9.17, 15) is 14.9 Å². The molecule has 1 aromatic heterocycles. The van der Waals surface area contributed by atoms with Crippen molar-refractivity contribution < 1.29 is 9.72 Å². The van der Waals surface area contributed by atoms with E-state index in [2.05, 4.69) is 15.9 Å². The first kappa shape index (κ1) is 14.0. The molecule has 2 heterocycles. The molecule has 0 radical (unpaired) electrons. The third-order valence-electron chi connectivity index (χ3n) is 3.51. The highest BCUT2D eigenvalue weighted by molar-refractivity contribution is 9.09. The zero-order chi connectivity index (χ0) is 14.0. The number of amides is 1. The van der Waals surface area contributed by atoms with Crippen molar-refractivity contribution in [3.8, 4) is 0 Å². The van der Waals surface area contributed by atoms with E-state index in [0.29, 0.717) is 11.6 Å². The van der Waals surface area contributed by atoms with Crippen molar-refractivity contribution in [3.63, 3.8) is 0 Å². The molecule has 19 heavy (non-hydrogen) atoms. The third kappa shape index (κ3) is 2.97. The zero-order valence-electron chi connectivity index (χ0n) is 10.7. The Bertz CT molecular complexity index is 500. The molecule has 1 fully saturated rings. The molecule has 0 saturated carbocycles. The van der Waals surface area contributed by atoms with Crippen LogP contribution in [0.3, 0.4) is 0 Å². The Labute approximate surface area is 119 Å². The fraction of sp³-hybridized carbons (Fsp3) is 0.583. The predicted octanol–water partition coefficient (Wildman–Crippen LogP) is 2.18. The van der Waals surface area contributed by atoms with E-state index in [1.807, 2.05) is 0 Å². The highest BCUT2D eigenvalue weighted by atomic mass is 79.9. The molecule has 104 valence electrons. The number of rotatable bonds is 4. The van der Waals surface area contributed by atoms with Gasteiger partial charge in [-0.3, -0.25) is 14.9 Å². The number of hydrogen-bond acceptors (Lipinski definition) is 3. The Morgan fingerprint density at radius 2 is 2.37 bits per heavy atom. The second-order valence-corrected chi connectivity index (χ2v) is 5.63. The minimum atomic E-state index is -0.478. The van der Waals surface area contributed by atoms with Crippen LogP contribution < -0.4 is 0 Å². The van der Waals surface area contributed by atoms with Crippen LogP contribution in [0.2, 0.25) is 0 Å². The van der Waals surface area contributed by atoms with Gasteiger partial charge in [0.25, 0.3) is 11.6 Å². The van der Waals surface area contributed by atoms with Gasteiger partial charge in [-0.05, 0) is 18.8 Å². The van der Waals surface area contributed by atoms with Gasteiger partial charge in [-0.2, -0.15) is 0 Å². The van der Waals surface area contributed by atoms with Gasteiger partial charge in [-0.15, -0.1) is 0 Å². The SMILES string of the molecule is Cn1cc([N+](=O)[O-])cc1C(=O)N1CCC(CCBr)C1. The van der Waals surface area contributed by atoms with Gasteiger partial charge in [0, 0.05) is 31.5 Å². The van der Waals surface area contributed by atoms with Gasteiger partial charge in [0.2, 0.25) is 0 Å². The largest absolute Gasteiger partial charge is 0.340 e. The van der Waals surface area contributed by atoms with Crippen molar-refractivity contribution in [2.75, 3.05) is 18.4 Å². The van der Waals surface area contributed by atoms with Crippen LogP contribution in [0.15, 0.2) is 12.3 Å². The van der Waals surface area contributed by atoms with Gasteiger partial charge < -0.3 is 9.47 Å². The van der Waals surface area contributed by atoms with E-state index in [1.54, 1.807) is 11.9 Å². The van der Waals surface area contributed by atoms with Gasteiger partial charge in [-0.1, -0.05) is 15.9 Å². The maximum Gasteiger partial charge on any atom is 0.287 e. The van der Waals surface area contributed by atoms with E-state index >= 15 is 0 Å². The lowest BCUT2D eigenvalue weighted by Gasteiger charge is -2.16. The molecular weight excluding hydrogens is 314 g/mol. The predicted molar refractivity (Wildman–Crippen MR) is 74.5 cm³/mol. The van der Waals surface area contributed by atoms with Crippen LogP contribution in [0.5, 0.6) is 0 Å². The number of hydrogen-bond donors (Lipinski definition) is 0. The number of carbonyl (C=O) groups is 1. The van der Waals surface area contributed by atoms with Crippen molar-refractivity contribution in [1.29, 1.82) is 0 Å². The van der Waals surface area contributed by atoms with Gasteiger partial charge in [0.15, 0.2) is 0 Å². The fourth-order valence-corrected chi connectivity index (χ4v) is 3.08. The minimum absolute atomic E-state index is 0.0398. The van der Waals surface area contributed by atoms with Crippen molar-refractivity contribution >= 4 is 27.5 Å². The highest BCUT2D eigenvalue weighted by Gasteiger charge is 2.29. The smallest absolute Gasteiger partial charge is 0.287 e. The Morgan fingerprint density at radius 3 is 2.95 bits per heavy atom. The number of halogens is 1. The molecule has 6 nitrogen and oxygen atoms in total. The first-order valence-corrected chi connectivity index (χ1v) is 7.31. The number of carbonyl (C=O) groups excluding carboxylic acids is 1. The second-order valence-electron chi connectivity index (χ2n) is 4.84. The Kier molecular flexibility index (Phi) is 4.24. The molecule has 1 atom stereocenters. The number of aryl methyl sites for hydroxylation is 1. The standard InChI is InChI=1S/C12H16BrN3O3/c1-14-8-10(16(18)19)6-11(14)12(17)15-5-3-9(7-15)2-4-13/h6,8-9H,2-5,7H2,1H3. The summed E-state index contributed by atoms with van der Waals surface area (Å²) in [6.07, 6.45) is 3.43. The molecule has 0 aliphatic carbocycles. The average Bonchev–Trinajstić information content (AvgIpc) is 2.96. The first-order chi connectivity index (χ1) is 9.02. The Hall–Kier alpha value is -1.37. The molecule has 1 unspecified atom stereocenters. The van der Waals surface area contributed by atoms with Crippen molar-refractivity contribution in [2.24, 2.45) is 13.0 Å². The summed E-state index contributed by atoms with van der Waals surface area (Å²) in [6, 6.07) is 1.35. The van der Waals surface area contributed by atoms with Crippen LogP contribution in [-0.2, 0) is 7.05 Å². The molecule has 1 aliphatic rings. The normalized spacial score (nSPS) is 18.8. The van der Waals surface area contributed by atoms with Crippen LogP contribution in [0, 0.1) is 16.0 Å². The molecule has 0 aromatic carbocycles. The van der Waals surface area contributed by atoms with E-state index in [1.165, 1.54) is 16.8 Å². The topological polar surface area (TPSA) is 68.4 Å². The lowest BCUT2D eigenvalue weighted by molar-refractivity contribution is -0.384. The van der Waals surface area contributed by atoms with E-state index in [0.717, 1.165) is 31.3 Å². The Morgan fingerprint density at radius 1 is 1.63 bits per heavy atom. The van der Waals surface area contributed by atoms with E-state index in [-0.39, 0.29) is 11.6 Å². The van der Waals surface area contributed by atoms with Crippen LogP contribution in [0.4, 0.5) is 5.69 Å². The highest BCUT2D eigenvalue weighted by Crippen LogP contribution is 2.23. The van der Waals surface area contributed by atoms with Gasteiger partial charge in [0.05, 0.1) is 11.1 Å². The number of aromatic nitrogens is 1. The Balaban J connectivity index is 2.10. The molecule has 0 bridgehead atoms. The number of nitro groups is 1. The number of likely N-dealkylation sites (tertiary alicyclic amines) is 1. The summed E-state index contributed by atoms with van der Waals surface area (Å²) in [7, 11) is 1.66. The van der Waals surface area contributed by atoms with E-state index in [4.69, 9.17) is 0 Å². The zero-order valence-corrected chi connectivity index (χ0v) is 12.3. The molecule has 1 aromatic rings. The molecule has 0 spiro atoms. The minimum Gasteiger partial charge on any atom is -0.340 e. The molecule has 1 aliphatic heterocycles. The lowest BCUT2D eigenvalue weighted by Crippen LogP contribution is -2.30. The third-order valence-corrected chi connectivity index (χ3v) is 3.97. The number of alkyl halides is 1. The summed E-state index contributed by atoms with van der Waals surface area (Å²) in [5.41, 5.74) is 0.341.